The molecule has 2 atom stereocenters. The van der Waals surface area contributed by atoms with E-state index in [0.717, 1.165) is 23.5 Å². The third kappa shape index (κ3) is 2.54. The lowest BCUT2D eigenvalue weighted by molar-refractivity contribution is 0.0313. The molecular weight excluding hydrogens is 336 g/mol. The van der Waals surface area contributed by atoms with E-state index >= 15 is 0 Å². The largest absolute Gasteiger partial charge is 0.273 e. The first kappa shape index (κ1) is 17.0. The van der Waals surface area contributed by atoms with E-state index in [0.29, 0.717) is 5.92 Å². The van der Waals surface area contributed by atoms with Crippen LogP contribution in [0.3, 0.4) is 0 Å². The first-order valence-electron chi connectivity index (χ1n) is 10.5. The maximum Gasteiger partial charge on any atom is 0.260 e. The van der Waals surface area contributed by atoms with Crippen molar-refractivity contribution in [3.63, 3.8) is 0 Å². The molecule has 1 aromatic heterocycles. The van der Waals surface area contributed by atoms with Crippen LogP contribution in [0.15, 0.2) is 30.6 Å². The van der Waals surface area contributed by atoms with E-state index in [1.54, 1.807) is 6.33 Å². The number of rotatable bonds is 1. The molecule has 2 heterocycles. The second-order valence-corrected chi connectivity index (χ2v) is 8.64. The van der Waals surface area contributed by atoms with Crippen molar-refractivity contribution in [2.75, 3.05) is 4.90 Å². The summed E-state index contributed by atoms with van der Waals surface area (Å²) in [5.41, 5.74) is 1.94. The molecule has 27 heavy (non-hydrogen) atoms. The molecule has 2 aliphatic carbocycles. The molecular formula is C22H28N4O. The molecule has 1 spiro atoms. The number of nitrogens with zero attached hydrogens (tertiary/aromatic N) is 4. The van der Waals surface area contributed by atoms with Crippen LogP contribution in [-0.4, -0.2) is 26.7 Å². The van der Waals surface area contributed by atoms with E-state index < -0.39 is 0 Å². The average Bonchev–Trinajstić information content (AvgIpc) is 3.19. The van der Waals surface area contributed by atoms with Gasteiger partial charge in [-0.1, -0.05) is 49.8 Å². The molecule has 2 saturated carbocycles. The van der Waals surface area contributed by atoms with Gasteiger partial charge in [0.2, 0.25) is 5.95 Å². The highest BCUT2D eigenvalue weighted by Crippen LogP contribution is 2.52. The van der Waals surface area contributed by atoms with Crippen LogP contribution in [0.1, 0.15) is 73.7 Å². The summed E-state index contributed by atoms with van der Waals surface area (Å²) in [5, 5.41) is 4.68. The molecule has 2 aromatic rings. The van der Waals surface area contributed by atoms with Crippen molar-refractivity contribution >= 4 is 11.9 Å². The van der Waals surface area contributed by atoms with E-state index in [4.69, 9.17) is 0 Å². The zero-order chi connectivity index (χ0) is 18.4. The fourth-order valence-electron chi connectivity index (χ4n) is 5.97. The topological polar surface area (TPSA) is 51.0 Å². The smallest absolute Gasteiger partial charge is 0.260 e. The minimum Gasteiger partial charge on any atom is -0.273 e. The van der Waals surface area contributed by atoms with Gasteiger partial charge in [0.05, 0.1) is 5.54 Å². The minimum atomic E-state index is 0.0680. The number of benzene rings is 1. The van der Waals surface area contributed by atoms with E-state index in [1.165, 1.54) is 51.4 Å². The Morgan fingerprint density at radius 1 is 1.11 bits per heavy atom. The third-order valence-corrected chi connectivity index (χ3v) is 7.12. The van der Waals surface area contributed by atoms with Crippen molar-refractivity contribution in [1.82, 2.24) is 14.8 Å². The highest BCUT2D eigenvalue weighted by molar-refractivity contribution is 6.06. The van der Waals surface area contributed by atoms with Crippen molar-refractivity contribution in [3.05, 3.63) is 41.7 Å². The van der Waals surface area contributed by atoms with Crippen LogP contribution >= 0.6 is 0 Å². The number of anilines is 1. The number of fused-ring (bicyclic) bond motifs is 4. The van der Waals surface area contributed by atoms with Gasteiger partial charge in [-0.25, -0.2) is 4.68 Å². The summed E-state index contributed by atoms with van der Waals surface area (Å²) in [4.78, 5) is 20.2. The molecule has 5 rings (SSSR count). The Labute approximate surface area is 160 Å². The number of aromatic nitrogens is 3. The Morgan fingerprint density at radius 3 is 2.74 bits per heavy atom. The van der Waals surface area contributed by atoms with Gasteiger partial charge in [0.25, 0.3) is 5.91 Å². The van der Waals surface area contributed by atoms with Crippen LogP contribution in [0.5, 0.6) is 0 Å². The van der Waals surface area contributed by atoms with Crippen molar-refractivity contribution in [1.29, 1.82) is 0 Å². The molecule has 0 N–H and O–H groups in total. The first-order valence-corrected chi connectivity index (χ1v) is 10.5. The van der Waals surface area contributed by atoms with Crippen molar-refractivity contribution in [2.24, 2.45) is 5.92 Å². The Bertz CT molecular complexity index is 852. The zero-order valence-electron chi connectivity index (χ0n) is 16.1. The van der Waals surface area contributed by atoms with Gasteiger partial charge in [-0.05, 0) is 44.7 Å². The summed E-state index contributed by atoms with van der Waals surface area (Å²) in [6.07, 6.45) is 12.6. The van der Waals surface area contributed by atoms with Crippen LogP contribution in [0, 0.1) is 12.8 Å². The van der Waals surface area contributed by atoms with Crippen LogP contribution in [0.4, 0.5) is 5.95 Å². The van der Waals surface area contributed by atoms with E-state index in [-0.39, 0.29) is 17.5 Å². The lowest BCUT2D eigenvalue weighted by Crippen LogP contribution is -2.61. The molecule has 142 valence electrons. The molecule has 5 heteroatoms. The van der Waals surface area contributed by atoms with Gasteiger partial charge in [0.15, 0.2) is 0 Å². The maximum atomic E-state index is 13.6. The van der Waals surface area contributed by atoms with Crippen molar-refractivity contribution in [2.45, 2.75) is 76.3 Å². The summed E-state index contributed by atoms with van der Waals surface area (Å²) < 4.78 is 2.15. The number of aryl methyl sites for hydroxylation is 1. The Hall–Kier alpha value is -2.17. The minimum absolute atomic E-state index is 0.0680. The highest BCUT2D eigenvalue weighted by atomic mass is 16.2. The van der Waals surface area contributed by atoms with Gasteiger partial charge < -0.3 is 0 Å². The number of hydrogen-bond donors (Lipinski definition) is 0. The molecule has 0 bridgehead atoms. The quantitative estimate of drug-likeness (QED) is 0.750. The van der Waals surface area contributed by atoms with E-state index in [2.05, 4.69) is 14.8 Å². The van der Waals surface area contributed by atoms with Gasteiger partial charge >= 0.3 is 0 Å². The number of hydrogen-bond acceptors (Lipinski definition) is 3. The molecule has 0 unspecified atom stereocenters. The summed E-state index contributed by atoms with van der Waals surface area (Å²) in [7, 11) is 0. The van der Waals surface area contributed by atoms with Crippen molar-refractivity contribution < 1.29 is 4.79 Å². The Kier molecular flexibility index (Phi) is 4.06. The van der Waals surface area contributed by atoms with Crippen LogP contribution in [-0.2, 0) is 5.54 Å². The molecule has 0 radical (unpaired) electrons. The summed E-state index contributed by atoms with van der Waals surface area (Å²) in [6, 6.07) is 8.18. The standard InChI is InChI=1S/C22H28N4O/c1-16-8-7-9-17(14-16)20(27)25-19-11-4-3-10-18(19)22(12-5-2-6-13-22)26-21(25)23-15-24-26/h7-9,14-15,18-19H,2-6,10-13H2,1H3/t18-,19+/m1/s1. The van der Waals surface area contributed by atoms with Crippen LogP contribution in [0.25, 0.3) is 0 Å². The molecule has 2 fully saturated rings. The first-order chi connectivity index (χ1) is 13.2. The molecule has 0 saturated heterocycles. The Balaban J connectivity index is 1.63. The lowest BCUT2D eigenvalue weighted by Gasteiger charge is -2.55. The van der Waals surface area contributed by atoms with E-state index in [9.17, 15) is 4.79 Å². The number of amides is 1. The zero-order valence-corrected chi connectivity index (χ0v) is 16.1. The third-order valence-electron chi connectivity index (χ3n) is 7.12. The Morgan fingerprint density at radius 2 is 1.93 bits per heavy atom. The summed E-state index contributed by atoms with van der Waals surface area (Å²) in [5.74, 6) is 1.34. The fourth-order valence-corrected chi connectivity index (χ4v) is 5.97. The molecule has 1 amide bonds. The fraction of sp³-hybridized carbons (Fsp3) is 0.591. The number of carbonyl (C=O) groups excluding carboxylic acids is 1. The normalized spacial score (nSPS) is 26.5. The van der Waals surface area contributed by atoms with Gasteiger partial charge in [-0.15, -0.1) is 0 Å². The van der Waals surface area contributed by atoms with Crippen LogP contribution < -0.4 is 4.90 Å². The molecule has 1 aromatic carbocycles. The second-order valence-electron chi connectivity index (χ2n) is 8.64. The van der Waals surface area contributed by atoms with Gasteiger partial charge in [-0.3, -0.25) is 9.69 Å². The monoisotopic (exact) mass is 364 g/mol. The average molecular weight is 364 g/mol. The molecule has 5 nitrogen and oxygen atoms in total. The van der Waals surface area contributed by atoms with Crippen LogP contribution in [0.2, 0.25) is 0 Å². The summed E-state index contributed by atoms with van der Waals surface area (Å²) >= 11 is 0. The number of carbonyl (C=O) groups is 1. The molecule has 1 aliphatic heterocycles. The van der Waals surface area contributed by atoms with Gasteiger partial charge in [-0.2, -0.15) is 10.1 Å². The van der Waals surface area contributed by atoms with Crippen molar-refractivity contribution in [3.8, 4) is 0 Å². The molecule has 3 aliphatic rings. The van der Waals surface area contributed by atoms with Gasteiger partial charge in [0, 0.05) is 17.5 Å². The highest BCUT2D eigenvalue weighted by Gasteiger charge is 2.54. The maximum absolute atomic E-state index is 13.6. The van der Waals surface area contributed by atoms with E-state index in [1.807, 2.05) is 36.1 Å². The predicted octanol–water partition coefficient (Wildman–Crippen LogP) is 4.47. The lowest BCUT2D eigenvalue weighted by atomic mass is 9.64. The predicted molar refractivity (Wildman–Crippen MR) is 105 cm³/mol. The SMILES string of the molecule is Cc1cccc(C(=O)N2c3ncnn3C3(CCCCC3)[C@@H]3CCCC[C@@H]32)c1. The second kappa shape index (κ2) is 6.47. The summed E-state index contributed by atoms with van der Waals surface area (Å²) in [6.45, 7) is 2.04. The van der Waals surface area contributed by atoms with Gasteiger partial charge in [0.1, 0.15) is 6.33 Å².